The summed E-state index contributed by atoms with van der Waals surface area (Å²) in [6, 6.07) is 5.90. The zero-order valence-corrected chi connectivity index (χ0v) is 22.8. The van der Waals surface area contributed by atoms with Crippen LogP contribution < -0.4 is 5.32 Å². The van der Waals surface area contributed by atoms with Gasteiger partial charge in [0.05, 0.1) is 25.1 Å². The van der Waals surface area contributed by atoms with Crippen LogP contribution in [0, 0.1) is 10.1 Å². The summed E-state index contributed by atoms with van der Waals surface area (Å²) in [4.78, 5) is 43.3. The van der Waals surface area contributed by atoms with E-state index in [1.807, 2.05) is 6.92 Å². The number of nitro groups is 1. The van der Waals surface area contributed by atoms with Crippen LogP contribution in [0.15, 0.2) is 24.3 Å². The minimum absolute atomic E-state index is 0.0455. The summed E-state index contributed by atoms with van der Waals surface area (Å²) in [5.41, 5.74) is 0.972. The van der Waals surface area contributed by atoms with Crippen LogP contribution in [0.25, 0.3) is 0 Å². The van der Waals surface area contributed by atoms with Crippen LogP contribution in [0.3, 0.4) is 0 Å². The highest BCUT2D eigenvalue weighted by atomic mass is 16.6. The van der Waals surface area contributed by atoms with Gasteiger partial charge in [0, 0.05) is 57.4 Å². The molecule has 4 unspecified atom stereocenters. The number of benzene rings is 1. The number of nitrogens with one attached hydrogen (secondary N) is 1. The SMILES string of the molecule is CCOC(=O)CC1CN(C(CCc2ccc([N+](=O)[O-])cc2)C(=O)OC)CCCN2CCNCCCN1CC2. The first kappa shape index (κ1) is 29.9. The van der Waals surface area contributed by atoms with E-state index in [9.17, 15) is 19.7 Å². The smallest absolute Gasteiger partial charge is 0.323 e. The predicted molar refractivity (Wildman–Crippen MR) is 144 cm³/mol. The van der Waals surface area contributed by atoms with Gasteiger partial charge >= 0.3 is 11.9 Å². The fourth-order valence-electron chi connectivity index (χ4n) is 5.39. The minimum atomic E-state index is -0.482. The summed E-state index contributed by atoms with van der Waals surface area (Å²) in [6.07, 6.45) is 3.26. The zero-order valence-electron chi connectivity index (χ0n) is 22.8. The number of nitrogens with zero attached hydrogens (tertiary/aromatic N) is 4. The second-order valence-corrected chi connectivity index (χ2v) is 9.99. The maximum Gasteiger partial charge on any atom is 0.323 e. The number of hydrogen-bond donors (Lipinski definition) is 1. The van der Waals surface area contributed by atoms with E-state index in [0.29, 0.717) is 32.5 Å². The van der Waals surface area contributed by atoms with E-state index in [1.165, 1.54) is 19.2 Å². The van der Waals surface area contributed by atoms with Gasteiger partial charge in [-0.3, -0.25) is 29.5 Å². The molecule has 0 spiro atoms. The van der Waals surface area contributed by atoms with Gasteiger partial charge in [-0.15, -0.1) is 0 Å². The summed E-state index contributed by atoms with van der Waals surface area (Å²) >= 11 is 0. The average molecular weight is 534 g/mol. The molecule has 3 rings (SSSR count). The van der Waals surface area contributed by atoms with Gasteiger partial charge in [0.25, 0.3) is 5.69 Å². The summed E-state index contributed by atoms with van der Waals surface area (Å²) < 4.78 is 10.6. The van der Waals surface area contributed by atoms with Crippen LogP contribution in [-0.2, 0) is 25.5 Å². The number of carbonyl (C=O) groups is 2. The Morgan fingerprint density at radius 2 is 1.87 bits per heavy atom. The second-order valence-electron chi connectivity index (χ2n) is 9.99. The molecular weight excluding hydrogens is 490 g/mol. The quantitative estimate of drug-likeness (QED) is 0.285. The molecule has 212 valence electrons. The first-order valence-corrected chi connectivity index (χ1v) is 13.8. The molecule has 2 fully saturated rings. The molecule has 4 atom stereocenters. The molecule has 11 heteroatoms. The monoisotopic (exact) mass is 533 g/mol. The van der Waals surface area contributed by atoms with Crippen molar-refractivity contribution in [1.29, 1.82) is 0 Å². The van der Waals surface area contributed by atoms with Crippen molar-refractivity contribution in [2.75, 3.05) is 72.6 Å². The number of fused-ring (bicyclic) bond motifs is 3. The lowest BCUT2D eigenvalue weighted by molar-refractivity contribution is -0.384. The van der Waals surface area contributed by atoms with Gasteiger partial charge in [-0.1, -0.05) is 12.1 Å². The number of aryl methyl sites for hydroxylation is 1. The fraction of sp³-hybridized carbons (Fsp3) is 0.704. The van der Waals surface area contributed by atoms with E-state index in [4.69, 9.17) is 9.47 Å². The van der Waals surface area contributed by atoms with Gasteiger partial charge in [0.1, 0.15) is 6.04 Å². The number of carbonyl (C=O) groups excluding carboxylic acids is 2. The molecule has 0 aliphatic carbocycles. The molecule has 2 aliphatic heterocycles. The van der Waals surface area contributed by atoms with E-state index >= 15 is 0 Å². The summed E-state index contributed by atoms with van der Waals surface area (Å²) in [5.74, 6) is -0.519. The van der Waals surface area contributed by atoms with Crippen molar-refractivity contribution in [3.05, 3.63) is 39.9 Å². The number of ether oxygens (including phenoxy) is 2. The number of rotatable bonds is 9. The van der Waals surface area contributed by atoms with Crippen molar-refractivity contribution < 1.29 is 24.0 Å². The Kier molecular flexibility index (Phi) is 12.4. The average Bonchev–Trinajstić information content (AvgIpc) is 2.91. The van der Waals surface area contributed by atoms with Crippen LogP contribution in [0.2, 0.25) is 0 Å². The first-order valence-electron chi connectivity index (χ1n) is 13.8. The number of nitro benzene ring substituents is 1. The van der Waals surface area contributed by atoms with Crippen LogP contribution >= 0.6 is 0 Å². The van der Waals surface area contributed by atoms with Gasteiger partial charge in [0.2, 0.25) is 0 Å². The van der Waals surface area contributed by atoms with Crippen LogP contribution in [0.5, 0.6) is 0 Å². The molecule has 0 saturated carbocycles. The molecule has 0 aromatic heterocycles. The van der Waals surface area contributed by atoms with Crippen LogP contribution in [-0.4, -0.2) is 116 Å². The molecule has 11 nitrogen and oxygen atoms in total. The third-order valence-corrected chi connectivity index (χ3v) is 7.46. The largest absolute Gasteiger partial charge is 0.468 e. The molecule has 2 heterocycles. The van der Waals surface area contributed by atoms with E-state index in [0.717, 1.165) is 64.2 Å². The third kappa shape index (κ3) is 9.30. The number of hydrogen-bond acceptors (Lipinski definition) is 10. The van der Waals surface area contributed by atoms with E-state index in [-0.39, 0.29) is 30.1 Å². The molecule has 1 N–H and O–H groups in total. The van der Waals surface area contributed by atoms with Crippen molar-refractivity contribution >= 4 is 17.6 Å². The molecule has 1 aromatic carbocycles. The van der Waals surface area contributed by atoms with Gasteiger partial charge in [-0.2, -0.15) is 0 Å². The highest BCUT2D eigenvalue weighted by molar-refractivity contribution is 5.75. The van der Waals surface area contributed by atoms with Crippen LogP contribution in [0.4, 0.5) is 5.69 Å². The topological polar surface area (TPSA) is 117 Å². The third-order valence-electron chi connectivity index (χ3n) is 7.46. The standard InChI is InChI=1S/C27H43N5O6/c1-3-38-26(33)20-24-21-31(16-5-14-29-17-13-28-12-4-15-30(24)19-18-29)25(27(34)37-2)11-8-22-6-9-23(10-7-22)32(35)36/h6-7,9-10,24-25,28H,3-5,8,11-21H2,1-2H3. The van der Waals surface area contributed by atoms with Crippen molar-refractivity contribution in [3.8, 4) is 0 Å². The van der Waals surface area contributed by atoms with Gasteiger partial charge < -0.3 is 19.7 Å². The minimum Gasteiger partial charge on any atom is -0.468 e. The molecule has 0 radical (unpaired) electrons. The number of methoxy groups -OCH3 is 1. The van der Waals surface area contributed by atoms with E-state index < -0.39 is 11.0 Å². The molecule has 2 bridgehead atoms. The highest BCUT2D eigenvalue weighted by Crippen LogP contribution is 2.20. The lowest BCUT2D eigenvalue weighted by Gasteiger charge is -2.40. The van der Waals surface area contributed by atoms with Crippen molar-refractivity contribution in [1.82, 2.24) is 20.0 Å². The normalized spacial score (nSPS) is 24.2. The number of non-ortho nitro benzene ring substituents is 1. The van der Waals surface area contributed by atoms with Crippen LogP contribution in [0.1, 0.15) is 38.2 Å². The molecule has 2 saturated heterocycles. The van der Waals surface area contributed by atoms with E-state index in [2.05, 4.69) is 20.0 Å². The molecule has 1 aromatic rings. The van der Waals surface area contributed by atoms with Gasteiger partial charge in [-0.25, -0.2) is 0 Å². The highest BCUT2D eigenvalue weighted by Gasteiger charge is 2.33. The Balaban J connectivity index is 1.83. The maximum atomic E-state index is 13.1. The molecular formula is C27H43N5O6. The lowest BCUT2D eigenvalue weighted by atomic mass is 10.0. The number of esters is 2. The predicted octanol–water partition coefficient (Wildman–Crippen LogP) is 1.69. The Morgan fingerprint density at radius 1 is 1.08 bits per heavy atom. The van der Waals surface area contributed by atoms with Gasteiger partial charge in [-0.05, 0) is 57.8 Å². The first-order chi connectivity index (χ1) is 18.4. The van der Waals surface area contributed by atoms with Crippen molar-refractivity contribution in [2.24, 2.45) is 0 Å². The Hall–Kier alpha value is -2.60. The fourth-order valence-corrected chi connectivity index (χ4v) is 5.39. The van der Waals surface area contributed by atoms with E-state index in [1.54, 1.807) is 12.1 Å². The second kappa shape index (κ2) is 15.7. The van der Waals surface area contributed by atoms with Crippen molar-refractivity contribution in [2.45, 2.75) is 51.1 Å². The molecule has 2 aliphatic rings. The summed E-state index contributed by atoms with van der Waals surface area (Å²) in [5, 5.41) is 14.5. The molecule has 38 heavy (non-hydrogen) atoms. The molecule has 0 amide bonds. The summed E-state index contributed by atoms with van der Waals surface area (Å²) in [7, 11) is 1.41. The Labute approximate surface area is 225 Å². The Morgan fingerprint density at radius 3 is 2.58 bits per heavy atom. The van der Waals surface area contributed by atoms with Crippen molar-refractivity contribution in [3.63, 3.8) is 0 Å². The summed E-state index contributed by atoms with van der Waals surface area (Å²) in [6.45, 7) is 9.89. The Bertz CT molecular complexity index is 898. The lowest BCUT2D eigenvalue weighted by Crippen LogP contribution is -2.54. The zero-order chi connectivity index (χ0) is 27.3. The van der Waals surface area contributed by atoms with Gasteiger partial charge in [0.15, 0.2) is 0 Å². The maximum absolute atomic E-state index is 13.1.